The Balaban J connectivity index is 1.33. The number of carbonyl (C=O) groups is 2. The number of para-hydroxylation sites is 1. The second-order valence-electron chi connectivity index (χ2n) is 12.7. The number of benzene rings is 1. The van der Waals surface area contributed by atoms with Gasteiger partial charge in [-0.25, -0.2) is 10.2 Å². The van der Waals surface area contributed by atoms with Crippen LogP contribution < -0.4 is 5.43 Å². The van der Waals surface area contributed by atoms with Crippen molar-refractivity contribution in [2.75, 3.05) is 6.61 Å². The van der Waals surface area contributed by atoms with Crippen molar-refractivity contribution in [1.82, 2.24) is 5.43 Å². The van der Waals surface area contributed by atoms with E-state index in [9.17, 15) is 30.0 Å². The molecule has 0 spiro atoms. The largest absolute Gasteiger partial charge is 0.507 e. The summed E-state index contributed by atoms with van der Waals surface area (Å²) in [5.41, 5.74) is 0.149. The third kappa shape index (κ3) is 3.80. The van der Waals surface area contributed by atoms with Crippen molar-refractivity contribution in [3.8, 4) is 5.75 Å². The van der Waals surface area contributed by atoms with Gasteiger partial charge >= 0.3 is 5.97 Å². The SMILES string of the molecule is CC12CC[C@H]3[C@@H](CCC4(O)C[C@H](O)CCC34/C=N/NC(=O)c3ccccc3O)C1(O)CCC2C1=CC(=O)OC1. The van der Waals surface area contributed by atoms with Crippen LogP contribution in [0.25, 0.3) is 0 Å². The van der Waals surface area contributed by atoms with E-state index in [1.807, 2.05) is 0 Å². The van der Waals surface area contributed by atoms with Crippen LogP contribution in [-0.2, 0) is 9.53 Å². The minimum absolute atomic E-state index is 0.0614. The highest BCUT2D eigenvalue weighted by Crippen LogP contribution is 2.70. The first-order chi connectivity index (χ1) is 18.5. The number of aliphatic hydroxyl groups is 3. The zero-order valence-corrected chi connectivity index (χ0v) is 22.3. The standard InChI is InChI=1S/C30H38N2O7/c1-27-10-7-22-23(30(27,38)13-9-21(27)18-14-25(35)39-16-18)8-12-29(37)15-19(33)6-11-28(22,29)17-31-32-26(36)20-4-2-3-5-24(20)34/h2-5,14,17,19,21-23,33-34,37-38H,6-13,15-16H2,1H3,(H,32,36)/b31-17+/t19-,21?,22+,23-,27?,28?,29?,30?/m1/s1. The first kappa shape index (κ1) is 26.5. The molecule has 0 bridgehead atoms. The Bertz CT molecular complexity index is 1250. The molecule has 1 amide bonds. The van der Waals surface area contributed by atoms with Crippen molar-refractivity contribution in [3.63, 3.8) is 0 Å². The van der Waals surface area contributed by atoms with E-state index in [1.54, 1.807) is 24.4 Å². The fourth-order valence-corrected chi connectivity index (χ4v) is 9.29. The average molecular weight is 539 g/mol. The number of hydrazone groups is 1. The third-order valence-corrected chi connectivity index (χ3v) is 11.2. The number of aliphatic hydroxyl groups excluding tert-OH is 1. The number of aromatic hydroxyl groups is 1. The maximum Gasteiger partial charge on any atom is 0.331 e. The van der Waals surface area contributed by atoms with E-state index in [-0.39, 0.29) is 48.1 Å². The fraction of sp³-hybridized carbons (Fsp3) is 0.633. The number of phenols is 1. The summed E-state index contributed by atoms with van der Waals surface area (Å²) in [4.78, 5) is 24.6. The van der Waals surface area contributed by atoms with Crippen molar-refractivity contribution in [1.29, 1.82) is 0 Å². The Morgan fingerprint density at radius 1 is 1.08 bits per heavy atom. The number of esters is 1. The van der Waals surface area contributed by atoms with E-state index in [0.717, 1.165) is 24.8 Å². The van der Waals surface area contributed by atoms with Gasteiger partial charge in [0.25, 0.3) is 5.91 Å². The molecule has 1 aromatic rings. The van der Waals surface area contributed by atoms with Crippen LogP contribution >= 0.6 is 0 Å². The predicted molar refractivity (Wildman–Crippen MR) is 142 cm³/mol. The Labute approximate surface area is 228 Å². The van der Waals surface area contributed by atoms with Gasteiger partial charge in [0.2, 0.25) is 0 Å². The van der Waals surface area contributed by atoms with Crippen molar-refractivity contribution < 1.29 is 34.8 Å². The fourth-order valence-electron chi connectivity index (χ4n) is 9.29. The van der Waals surface area contributed by atoms with Gasteiger partial charge in [-0.15, -0.1) is 0 Å². The van der Waals surface area contributed by atoms with Crippen molar-refractivity contribution in [2.45, 2.75) is 82.0 Å². The number of nitrogens with one attached hydrogen (secondary N) is 1. The Morgan fingerprint density at radius 3 is 2.59 bits per heavy atom. The van der Waals surface area contributed by atoms with E-state index in [1.165, 1.54) is 12.1 Å². The lowest BCUT2D eigenvalue weighted by Crippen LogP contribution is -2.68. The number of cyclic esters (lactones) is 1. The van der Waals surface area contributed by atoms with Crippen LogP contribution in [0.3, 0.4) is 0 Å². The molecular weight excluding hydrogens is 500 g/mol. The van der Waals surface area contributed by atoms with Gasteiger partial charge in [-0.2, -0.15) is 5.10 Å². The molecule has 0 radical (unpaired) electrons. The summed E-state index contributed by atoms with van der Waals surface area (Å²) >= 11 is 0. The number of phenolic OH excluding ortho intramolecular Hbond substituents is 1. The number of nitrogens with zero attached hydrogens (tertiary/aromatic N) is 1. The summed E-state index contributed by atoms with van der Waals surface area (Å²) in [5, 5.41) is 49.5. The highest BCUT2D eigenvalue weighted by atomic mass is 16.5. The van der Waals surface area contributed by atoms with Crippen LogP contribution in [-0.4, -0.2) is 62.4 Å². The maximum absolute atomic E-state index is 12.7. The zero-order chi connectivity index (χ0) is 27.6. The Morgan fingerprint density at radius 2 is 1.85 bits per heavy atom. The van der Waals surface area contributed by atoms with E-state index in [4.69, 9.17) is 4.74 Å². The molecule has 9 nitrogen and oxygen atoms in total. The predicted octanol–water partition coefficient (Wildman–Crippen LogP) is 2.82. The lowest BCUT2D eigenvalue weighted by molar-refractivity contribution is -0.237. The second-order valence-corrected chi connectivity index (χ2v) is 12.7. The monoisotopic (exact) mass is 538 g/mol. The average Bonchev–Trinajstić information content (AvgIpc) is 3.44. The van der Waals surface area contributed by atoms with Crippen LogP contribution in [0.5, 0.6) is 5.75 Å². The summed E-state index contributed by atoms with van der Waals surface area (Å²) in [6.07, 6.45) is 7.75. The normalized spacial score (nSPS) is 43.3. The zero-order valence-electron chi connectivity index (χ0n) is 22.3. The molecule has 5 aliphatic rings. The Kier molecular flexibility index (Phi) is 6.21. The molecule has 5 unspecified atom stereocenters. The lowest BCUT2D eigenvalue weighted by Gasteiger charge is -2.65. The molecule has 0 aromatic heterocycles. The number of ether oxygens (including phenoxy) is 1. The quantitative estimate of drug-likeness (QED) is 0.225. The van der Waals surface area contributed by atoms with E-state index >= 15 is 0 Å². The second kappa shape index (κ2) is 9.14. The molecule has 4 fully saturated rings. The lowest BCUT2D eigenvalue weighted by atomic mass is 9.41. The van der Waals surface area contributed by atoms with Gasteiger partial charge < -0.3 is 25.2 Å². The summed E-state index contributed by atoms with van der Waals surface area (Å²) in [6, 6.07) is 6.23. The number of fused-ring (bicyclic) bond motifs is 5. The number of amides is 1. The van der Waals surface area contributed by atoms with E-state index in [0.29, 0.717) is 32.1 Å². The van der Waals surface area contributed by atoms with E-state index < -0.39 is 34.0 Å². The highest BCUT2D eigenvalue weighted by Gasteiger charge is 2.71. The molecule has 4 saturated carbocycles. The molecule has 210 valence electrons. The number of carbonyl (C=O) groups excluding carboxylic acids is 2. The number of hydrogen-bond donors (Lipinski definition) is 5. The summed E-state index contributed by atoms with van der Waals surface area (Å²) in [5.74, 6) is -1.15. The van der Waals surface area contributed by atoms with Gasteiger partial charge in [-0.05, 0) is 86.8 Å². The third-order valence-electron chi connectivity index (χ3n) is 11.2. The van der Waals surface area contributed by atoms with Crippen LogP contribution in [0.1, 0.15) is 75.1 Å². The van der Waals surface area contributed by atoms with Gasteiger partial charge in [0, 0.05) is 29.5 Å². The molecule has 4 aliphatic carbocycles. The molecule has 39 heavy (non-hydrogen) atoms. The molecule has 1 heterocycles. The summed E-state index contributed by atoms with van der Waals surface area (Å²) in [7, 11) is 0. The molecule has 8 atom stereocenters. The van der Waals surface area contributed by atoms with Crippen LogP contribution in [0.2, 0.25) is 0 Å². The smallest absolute Gasteiger partial charge is 0.331 e. The summed E-state index contributed by atoms with van der Waals surface area (Å²) in [6.45, 7) is 2.43. The van der Waals surface area contributed by atoms with Crippen molar-refractivity contribution in [3.05, 3.63) is 41.5 Å². The topological polar surface area (TPSA) is 149 Å². The van der Waals surface area contributed by atoms with Crippen LogP contribution in [0.4, 0.5) is 0 Å². The minimum Gasteiger partial charge on any atom is -0.507 e. The molecule has 1 aromatic carbocycles. The van der Waals surface area contributed by atoms with Crippen LogP contribution in [0.15, 0.2) is 41.0 Å². The van der Waals surface area contributed by atoms with Gasteiger partial charge in [-0.1, -0.05) is 19.1 Å². The summed E-state index contributed by atoms with van der Waals surface area (Å²) < 4.78 is 5.22. The Hall–Kier alpha value is -2.75. The maximum atomic E-state index is 12.7. The first-order valence-corrected chi connectivity index (χ1v) is 14.2. The van der Waals surface area contributed by atoms with Gasteiger partial charge in [-0.3, -0.25) is 4.79 Å². The molecular formula is C30H38N2O7. The molecule has 6 rings (SSSR count). The number of hydrogen-bond acceptors (Lipinski definition) is 8. The molecule has 1 aliphatic heterocycles. The molecule has 5 N–H and O–H groups in total. The minimum atomic E-state index is -1.22. The van der Waals surface area contributed by atoms with Crippen molar-refractivity contribution >= 4 is 18.1 Å². The number of rotatable bonds is 4. The van der Waals surface area contributed by atoms with Gasteiger partial charge in [0.05, 0.1) is 22.9 Å². The van der Waals surface area contributed by atoms with Crippen molar-refractivity contribution in [2.24, 2.45) is 33.7 Å². The van der Waals surface area contributed by atoms with Gasteiger partial charge in [0.15, 0.2) is 0 Å². The van der Waals surface area contributed by atoms with E-state index in [2.05, 4.69) is 17.5 Å². The molecule has 9 heteroatoms. The first-order valence-electron chi connectivity index (χ1n) is 14.2. The highest BCUT2D eigenvalue weighted by molar-refractivity contribution is 5.97. The molecule has 0 saturated heterocycles. The van der Waals surface area contributed by atoms with Gasteiger partial charge in [0.1, 0.15) is 12.4 Å². The van der Waals surface area contributed by atoms with Crippen LogP contribution in [0, 0.1) is 28.6 Å².